The third kappa shape index (κ3) is 3.05. The number of para-hydroxylation sites is 1. The summed E-state index contributed by atoms with van der Waals surface area (Å²) in [6.07, 6.45) is 0.703. The van der Waals surface area contributed by atoms with Gasteiger partial charge in [0.2, 0.25) is 0 Å². The molecular weight excluding hydrogens is 310 g/mol. The van der Waals surface area contributed by atoms with Crippen molar-refractivity contribution in [3.8, 4) is 5.75 Å². The summed E-state index contributed by atoms with van der Waals surface area (Å²) in [7, 11) is 1.63. The first-order chi connectivity index (χ1) is 11.7. The number of fused-ring (bicyclic) bond motifs is 3. The van der Waals surface area contributed by atoms with Gasteiger partial charge in [0.1, 0.15) is 24.0 Å². The molecule has 1 aromatic rings. The van der Waals surface area contributed by atoms with Crippen LogP contribution in [0.3, 0.4) is 0 Å². The molecule has 1 aromatic carbocycles. The number of nitrogens with zero attached hydrogens (tertiary/aromatic N) is 1. The second-order valence-corrected chi connectivity index (χ2v) is 6.66. The van der Waals surface area contributed by atoms with Gasteiger partial charge in [0.15, 0.2) is 0 Å². The predicted molar refractivity (Wildman–Crippen MR) is 89.1 cm³/mol. The van der Waals surface area contributed by atoms with Crippen LogP contribution in [0.2, 0.25) is 0 Å². The summed E-state index contributed by atoms with van der Waals surface area (Å²) in [4.78, 5) is 2.14. The largest absolute Gasteiger partial charge is 0.491 e. The zero-order chi connectivity index (χ0) is 17.0. The van der Waals surface area contributed by atoms with Crippen molar-refractivity contribution in [1.29, 1.82) is 0 Å². The molecule has 3 saturated heterocycles. The van der Waals surface area contributed by atoms with Crippen LogP contribution in [0.1, 0.15) is 12.8 Å². The first-order valence-electron chi connectivity index (χ1n) is 8.52. The molecule has 0 amide bonds. The average Bonchev–Trinajstić information content (AvgIpc) is 2.64. The smallest absolute Gasteiger partial charge is 0.119 e. The maximum absolute atomic E-state index is 11.1. The maximum Gasteiger partial charge on any atom is 0.119 e. The van der Waals surface area contributed by atoms with Crippen LogP contribution >= 0.6 is 0 Å². The van der Waals surface area contributed by atoms with Crippen LogP contribution in [0.4, 0.5) is 0 Å². The molecule has 2 unspecified atom stereocenters. The molecule has 0 aromatic heterocycles. The van der Waals surface area contributed by atoms with Gasteiger partial charge in [-0.1, -0.05) is 18.2 Å². The van der Waals surface area contributed by atoms with E-state index >= 15 is 0 Å². The molecule has 2 N–H and O–H groups in total. The number of hydrogen-bond acceptors (Lipinski definition) is 6. The van der Waals surface area contributed by atoms with E-state index in [0.717, 1.165) is 31.7 Å². The monoisotopic (exact) mass is 337 g/mol. The third-order valence-electron chi connectivity index (χ3n) is 5.43. The zero-order valence-corrected chi connectivity index (χ0v) is 14.2. The Bertz CT molecular complexity index is 517. The highest BCUT2D eigenvalue weighted by Gasteiger charge is 2.61. The number of hydrogen-bond donors (Lipinski definition) is 2. The number of benzene rings is 1. The van der Waals surface area contributed by atoms with E-state index in [1.165, 1.54) is 0 Å². The summed E-state index contributed by atoms with van der Waals surface area (Å²) in [5.41, 5.74) is -1.46. The standard InChI is InChI=1S/C18H27NO5/c1-22-11-12-24-18-7-9-19(10-8-18)17(13-20,16(18)21)14-23-15-5-3-2-4-6-15/h2-6,16,20-21H,7-14H2,1H3. The number of methoxy groups -OCH3 is 1. The fraction of sp³-hybridized carbons (Fsp3) is 0.667. The molecule has 2 atom stereocenters. The second-order valence-electron chi connectivity index (χ2n) is 6.66. The number of aliphatic hydroxyl groups is 2. The lowest BCUT2D eigenvalue weighted by molar-refractivity contribution is -0.258. The van der Waals surface area contributed by atoms with Gasteiger partial charge >= 0.3 is 0 Å². The molecule has 134 valence electrons. The van der Waals surface area contributed by atoms with Crippen LogP contribution in [-0.4, -0.2) is 79.0 Å². The molecule has 6 heteroatoms. The van der Waals surface area contributed by atoms with E-state index in [-0.39, 0.29) is 13.2 Å². The summed E-state index contributed by atoms with van der Waals surface area (Å²) in [6, 6.07) is 9.48. The lowest BCUT2D eigenvalue weighted by Crippen LogP contribution is -2.78. The Hall–Kier alpha value is -1.18. The van der Waals surface area contributed by atoms with E-state index in [1.807, 2.05) is 30.3 Å². The van der Waals surface area contributed by atoms with E-state index in [1.54, 1.807) is 7.11 Å². The highest BCUT2D eigenvalue weighted by atomic mass is 16.5. The van der Waals surface area contributed by atoms with Crippen LogP contribution in [0.25, 0.3) is 0 Å². The molecular formula is C18H27NO5. The fourth-order valence-corrected chi connectivity index (χ4v) is 3.95. The van der Waals surface area contributed by atoms with E-state index in [4.69, 9.17) is 14.2 Å². The Kier molecular flexibility index (Phi) is 5.42. The molecule has 3 heterocycles. The fourth-order valence-electron chi connectivity index (χ4n) is 3.95. The first kappa shape index (κ1) is 17.6. The van der Waals surface area contributed by atoms with Crippen LogP contribution in [-0.2, 0) is 9.47 Å². The van der Waals surface area contributed by atoms with Gasteiger partial charge in [0, 0.05) is 20.2 Å². The molecule has 2 bridgehead atoms. The normalized spacial score (nSPS) is 35.1. The van der Waals surface area contributed by atoms with Crippen molar-refractivity contribution in [3.05, 3.63) is 30.3 Å². The molecule has 3 aliphatic heterocycles. The number of aliphatic hydroxyl groups excluding tert-OH is 2. The van der Waals surface area contributed by atoms with Crippen LogP contribution < -0.4 is 4.74 Å². The van der Waals surface area contributed by atoms with Crippen LogP contribution in [0.15, 0.2) is 30.3 Å². The van der Waals surface area contributed by atoms with E-state index in [9.17, 15) is 10.2 Å². The molecule has 24 heavy (non-hydrogen) atoms. The summed E-state index contributed by atoms with van der Waals surface area (Å²) in [6.45, 7) is 2.55. The highest BCUT2D eigenvalue weighted by Crippen LogP contribution is 2.44. The minimum absolute atomic E-state index is 0.170. The second kappa shape index (κ2) is 7.37. The van der Waals surface area contributed by atoms with Gasteiger partial charge in [-0.05, 0) is 25.0 Å². The van der Waals surface area contributed by atoms with Crippen molar-refractivity contribution in [1.82, 2.24) is 4.90 Å². The van der Waals surface area contributed by atoms with Crippen LogP contribution in [0.5, 0.6) is 5.75 Å². The van der Waals surface area contributed by atoms with Gasteiger partial charge in [0.25, 0.3) is 0 Å². The van der Waals surface area contributed by atoms with E-state index < -0.39 is 17.2 Å². The third-order valence-corrected chi connectivity index (χ3v) is 5.43. The molecule has 4 rings (SSSR count). The molecule has 0 aliphatic carbocycles. The molecule has 3 fully saturated rings. The molecule has 0 spiro atoms. The van der Waals surface area contributed by atoms with Crippen molar-refractivity contribution in [3.63, 3.8) is 0 Å². The Labute approximate surface area is 142 Å². The predicted octanol–water partition coefficient (Wildman–Crippen LogP) is 0.669. The average molecular weight is 337 g/mol. The van der Waals surface area contributed by atoms with Crippen LogP contribution in [0, 0.1) is 0 Å². The quantitative estimate of drug-likeness (QED) is 0.680. The highest BCUT2D eigenvalue weighted by molar-refractivity contribution is 5.22. The van der Waals surface area contributed by atoms with Crippen molar-refractivity contribution < 1.29 is 24.4 Å². The number of ether oxygens (including phenoxy) is 3. The number of piperidine rings is 3. The van der Waals surface area contributed by atoms with Gasteiger partial charge in [-0.2, -0.15) is 0 Å². The van der Waals surface area contributed by atoms with Gasteiger partial charge in [-0.15, -0.1) is 0 Å². The summed E-state index contributed by atoms with van der Waals surface area (Å²) in [5.74, 6) is 0.731. The molecule has 3 aliphatic rings. The van der Waals surface area contributed by atoms with Gasteiger partial charge in [-0.3, -0.25) is 4.90 Å². The molecule has 6 nitrogen and oxygen atoms in total. The summed E-state index contributed by atoms with van der Waals surface area (Å²) in [5, 5.41) is 21.2. The van der Waals surface area contributed by atoms with Gasteiger partial charge in [-0.25, -0.2) is 0 Å². The minimum atomic E-state index is -0.834. The summed E-state index contributed by atoms with van der Waals surface area (Å²) >= 11 is 0. The lowest BCUT2D eigenvalue weighted by atomic mass is 9.69. The Morgan fingerprint density at radius 3 is 2.50 bits per heavy atom. The topological polar surface area (TPSA) is 71.4 Å². The zero-order valence-electron chi connectivity index (χ0n) is 14.2. The maximum atomic E-state index is 11.1. The van der Waals surface area contributed by atoms with E-state index in [2.05, 4.69) is 4.90 Å². The van der Waals surface area contributed by atoms with Crippen molar-refractivity contribution >= 4 is 0 Å². The first-order valence-corrected chi connectivity index (χ1v) is 8.52. The van der Waals surface area contributed by atoms with Gasteiger partial charge in [0.05, 0.1) is 25.4 Å². The van der Waals surface area contributed by atoms with E-state index in [0.29, 0.717) is 13.2 Å². The SMILES string of the molecule is COCCOC12CCN(CC1)C(CO)(COc1ccccc1)C2O. The molecule has 0 saturated carbocycles. The van der Waals surface area contributed by atoms with Crippen molar-refractivity contribution in [2.24, 2.45) is 0 Å². The Balaban J connectivity index is 1.76. The van der Waals surface area contributed by atoms with Crippen molar-refractivity contribution in [2.45, 2.75) is 30.1 Å². The minimum Gasteiger partial charge on any atom is -0.491 e. The van der Waals surface area contributed by atoms with Gasteiger partial charge < -0.3 is 24.4 Å². The molecule has 0 radical (unpaired) electrons. The Morgan fingerprint density at radius 1 is 1.17 bits per heavy atom. The lowest BCUT2D eigenvalue weighted by Gasteiger charge is -2.61. The number of rotatable bonds is 8. The summed E-state index contributed by atoms with van der Waals surface area (Å²) < 4.78 is 17.0. The van der Waals surface area contributed by atoms with Crippen molar-refractivity contribution in [2.75, 3.05) is 46.6 Å². The Morgan fingerprint density at radius 2 is 1.88 bits per heavy atom.